The van der Waals surface area contributed by atoms with Crippen LogP contribution in [0.25, 0.3) is 0 Å². The molecule has 0 fully saturated rings. The Morgan fingerprint density at radius 3 is 2.07 bits per heavy atom. The normalized spacial score (nSPS) is 12.1. The number of hydrogen-bond acceptors (Lipinski definition) is 4. The van der Waals surface area contributed by atoms with E-state index < -0.39 is 11.8 Å². The first-order valence-electron chi connectivity index (χ1n) is 4.15. The van der Waals surface area contributed by atoms with Crippen LogP contribution in [0.2, 0.25) is 0 Å². The van der Waals surface area contributed by atoms with Crippen molar-refractivity contribution in [2.24, 2.45) is 11.5 Å². The molecule has 1 atom stereocenters. The van der Waals surface area contributed by atoms with Gasteiger partial charge >= 0.3 is 0 Å². The third-order valence-electron chi connectivity index (χ3n) is 1.73. The molecule has 4 N–H and O–H groups in total. The topological polar surface area (TPSA) is 113 Å². The van der Waals surface area contributed by atoms with Gasteiger partial charge in [0.05, 0.1) is 25.6 Å². The van der Waals surface area contributed by atoms with Gasteiger partial charge in [0.1, 0.15) is 0 Å². The van der Waals surface area contributed by atoms with E-state index in [4.69, 9.17) is 16.7 Å². The van der Waals surface area contributed by atoms with Crippen molar-refractivity contribution in [3.8, 4) is 6.07 Å². The van der Waals surface area contributed by atoms with E-state index >= 15 is 0 Å². The quantitative estimate of drug-likeness (QED) is 0.544. The maximum atomic E-state index is 10.6. The minimum Gasteiger partial charge on any atom is -0.369 e. The number of carbonyl (C=O) groups is 2. The van der Waals surface area contributed by atoms with Crippen LogP contribution in [0.15, 0.2) is 0 Å². The Bertz CT molecular complexity index is 243. The largest absolute Gasteiger partial charge is 0.369 e. The zero-order chi connectivity index (χ0) is 11.1. The van der Waals surface area contributed by atoms with E-state index in [0.717, 1.165) is 0 Å². The highest BCUT2D eigenvalue weighted by Crippen LogP contribution is 2.01. The number of rotatable bonds is 6. The Balaban J connectivity index is 4.30. The van der Waals surface area contributed by atoms with Crippen LogP contribution in [0.4, 0.5) is 0 Å². The number of nitrogens with two attached hydrogens (primary N) is 2. The molecule has 0 aromatic carbocycles. The summed E-state index contributed by atoms with van der Waals surface area (Å²) in [6.45, 7) is 1.60. The number of primary amides is 2. The number of nitrogens with zero attached hydrogens (tertiary/aromatic N) is 2. The van der Waals surface area contributed by atoms with Crippen LogP contribution in [-0.4, -0.2) is 35.8 Å². The zero-order valence-electron chi connectivity index (χ0n) is 8.06. The maximum Gasteiger partial charge on any atom is 0.231 e. The highest BCUT2D eigenvalue weighted by Gasteiger charge is 2.17. The molecule has 6 nitrogen and oxygen atoms in total. The van der Waals surface area contributed by atoms with E-state index in [2.05, 4.69) is 0 Å². The fraction of sp³-hybridized carbons (Fsp3) is 0.625. The van der Waals surface area contributed by atoms with Crippen molar-refractivity contribution in [1.29, 1.82) is 5.26 Å². The molecule has 14 heavy (non-hydrogen) atoms. The molecule has 0 rings (SSSR count). The fourth-order valence-corrected chi connectivity index (χ4v) is 1.03. The molecule has 0 radical (unpaired) electrons. The minimum absolute atomic E-state index is 0.0637. The van der Waals surface area contributed by atoms with Gasteiger partial charge in [0.2, 0.25) is 11.8 Å². The zero-order valence-corrected chi connectivity index (χ0v) is 8.06. The van der Waals surface area contributed by atoms with Gasteiger partial charge in [-0.05, 0) is 6.92 Å². The predicted octanol–water partition coefficient (Wildman–Crippen LogP) is -1.44. The average Bonchev–Trinajstić information content (AvgIpc) is 2.01. The smallest absolute Gasteiger partial charge is 0.231 e. The monoisotopic (exact) mass is 198 g/mol. The molecule has 0 bridgehead atoms. The summed E-state index contributed by atoms with van der Waals surface area (Å²) in [4.78, 5) is 22.8. The summed E-state index contributed by atoms with van der Waals surface area (Å²) in [6, 6.07) is 1.74. The van der Waals surface area contributed by atoms with Gasteiger partial charge in [-0.1, -0.05) is 0 Å². The van der Waals surface area contributed by atoms with Crippen LogP contribution >= 0.6 is 0 Å². The van der Waals surface area contributed by atoms with Crippen molar-refractivity contribution in [1.82, 2.24) is 4.90 Å². The second-order valence-corrected chi connectivity index (χ2v) is 3.05. The summed E-state index contributed by atoms with van der Waals surface area (Å²) in [7, 11) is 0. The molecule has 1 unspecified atom stereocenters. The number of carbonyl (C=O) groups excluding carboxylic acids is 2. The standard InChI is InChI=1S/C8H14N4O2/c1-6(2-3-9)12(4-7(10)13)5-8(11)14/h6H,2,4-5H2,1H3,(H2,10,13)(H2,11,14). The Hall–Kier alpha value is -1.61. The van der Waals surface area contributed by atoms with Crippen LogP contribution in [0.3, 0.4) is 0 Å². The molecule has 0 aromatic heterocycles. The highest BCUT2D eigenvalue weighted by molar-refractivity contribution is 5.79. The number of nitriles is 1. The highest BCUT2D eigenvalue weighted by atomic mass is 16.2. The average molecular weight is 198 g/mol. The van der Waals surface area contributed by atoms with Crippen molar-refractivity contribution in [2.45, 2.75) is 19.4 Å². The summed E-state index contributed by atoms with van der Waals surface area (Å²) in [6.07, 6.45) is 0.223. The van der Waals surface area contributed by atoms with E-state index in [0.29, 0.717) is 0 Å². The van der Waals surface area contributed by atoms with Crippen molar-refractivity contribution >= 4 is 11.8 Å². The van der Waals surface area contributed by atoms with Gasteiger partial charge in [0.25, 0.3) is 0 Å². The minimum atomic E-state index is -0.545. The van der Waals surface area contributed by atoms with E-state index in [1.807, 2.05) is 6.07 Å². The number of amides is 2. The Labute approximate surface area is 82.4 Å². The van der Waals surface area contributed by atoms with Gasteiger partial charge in [-0.2, -0.15) is 5.26 Å². The van der Waals surface area contributed by atoms with Gasteiger partial charge in [0.15, 0.2) is 0 Å². The van der Waals surface area contributed by atoms with Crippen LogP contribution in [-0.2, 0) is 9.59 Å². The van der Waals surface area contributed by atoms with E-state index in [1.54, 1.807) is 6.92 Å². The lowest BCUT2D eigenvalue weighted by Gasteiger charge is -2.24. The molecule has 0 aliphatic carbocycles. The molecule has 78 valence electrons. The third kappa shape index (κ3) is 5.11. The third-order valence-corrected chi connectivity index (χ3v) is 1.73. The Kier molecular flexibility index (Phi) is 5.26. The van der Waals surface area contributed by atoms with Crippen LogP contribution < -0.4 is 11.5 Å². The van der Waals surface area contributed by atoms with Crippen LogP contribution in [0.1, 0.15) is 13.3 Å². The van der Waals surface area contributed by atoms with Gasteiger partial charge in [0, 0.05) is 6.04 Å². The fourth-order valence-electron chi connectivity index (χ4n) is 1.03. The summed E-state index contributed by atoms with van der Waals surface area (Å²) in [5.74, 6) is -1.09. The molecular weight excluding hydrogens is 184 g/mol. The predicted molar refractivity (Wildman–Crippen MR) is 49.7 cm³/mol. The van der Waals surface area contributed by atoms with Crippen molar-refractivity contribution in [2.75, 3.05) is 13.1 Å². The lowest BCUT2D eigenvalue weighted by molar-refractivity contribution is -0.122. The van der Waals surface area contributed by atoms with E-state index in [-0.39, 0.29) is 25.6 Å². The van der Waals surface area contributed by atoms with Gasteiger partial charge in [-0.25, -0.2) is 0 Å². The van der Waals surface area contributed by atoms with Gasteiger partial charge in [-0.3, -0.25) is 14.5 Å². The second-order valence-electron chi connectivity index (χ2n) is 3.05. The lowest BCUT2D eigenvalue weighted by atomic mass is 10.2. The first-order valence-corrected chi connectivity index (χ1v) is 4.15. The van der Waals surface area contributed by atoms with Crippen molar-refractivity contribution < 1.29 is 9.59 Å². The van der Waals surface area contributed by atoms with E-state index in [1.165, 1.54) is 4.90 Å². The van der Waals surface area contributed by atoms with Gasteiger partial charge < -0.3 is 11.5 Å². The Morgan fingerprint density at radius 1 is 1.36 bits per heavy atom. The second kappa shape index (κ2) is 5.94. The summed E-state index contributed by atoms with van der Waals surface area (Å²) < 4.78 is 0. The molecule has 0 aliphatic rings. The molecule has 0 heterocycles. The summed E-state index contributed by atoms with van der Waals surface area (Å²) in [5, 5.41) is 8.44. The van der Waals surface area contributed by atoms with Gasteiger partial charge in [-0.15, -0.1) is 0 Å². The molecule has 2 amide bonds. The molecular formula is C8H14N4O2. The molecule has 0 aromatic rings. The molecule has 6 heteroatoms. The number of hydrogen-bond donors (Lipinski definition) is 2. The van der Waals surface area contributed by atoms with Crippen LogP contribution in [0, 0.1) is 11.3 Å². The summed E-state index contributed by atoms with van der Waals surface area (Å²) in [5.41, 5.74) is 9.97. The molecule has 0 spiro atoms. The Morgan fingerprint density at radius 2 is 1.79 bits per heavy atom. The van der Waals surface area contributed by atoms with E-state index in [9.17, 15) is 9.59 Å². The molecule has 0 saturated heterocycles. The van der Waals surface area contributed by atoms with Crippen molar-refractivity contribution in [3.05, 3.63) is 0 Å². The lowest BCUT2D eigenvalue weighted by Crippen LogP contribution is -2.44. The first kappa shape index (κ1) is 12.4. The van der Waals surface area contributed by atoms with Crippen LogP contribution in [0.5, 0.6) is 0 Å². The first-order chi connectivity index (χ1) is 6.47. The summed E-state index contributed by atoms with van der Waals surface area (Å²) >= 11 is 0. The molecule has 0 saturated carbocycles. The SMILES string of the molecule is CC(CC#N)N(CC(N)=O)CC(N)=O. The maximum absolute atomic E-state index is 10.6. The molecule has 0 aliphatic heterocycles. The van der Waals surface area contributed by atoms with Crippen molar-refractivity contribution in [3.63, 3.8) is 0 Å².